The molecular formula is C22H29ClN4O. The number of hydrogen-bond acceptors (Lipinski definition) is 3. The first-order valence-corrected chi connectivity index (χ1v) is 10.8. The molecule has 28 heavy (non-hydrogen) atoms. The second-order valence-electron chi connectivity index (χ2n) is 8.17. The van der Waals surface area contributed by atoms with Crippen LogP contribution in [0.5, 0.6) is 0 Å². The molecule has 0 bridgehead atoms. The Bertz CT molecular complexity index is 812. The molecule has 1 aromatic carbocycles. The Morgan fingerprint density at radius 3 is 2.82 bits per heavy atom. The topological polar surface area (TPSA) is 50.2 Å². The number of carbonyl (C=O) groups excluding carboxylic acids is 1. The molecule has 1 saturated heterocycles. The first-order valence-electron chi connectivity index (χ1n) is 10.4. The Morgan fingerprint density at radius 2 is 2.11 bits per heavy atom. The lowest BCUT2D eigenvalue weighted by atomic mass is 9.93. The fourth-order valence-electron chi connectivity index (χ4n) is 4.39. The van der Waals surface area contributed by atoms with Crippen LogP contribution in [0.1, 0.15) is 44.0 Å². The van der Waals surface area contributed by atoms with Crippen LogP contribution >= 0.6 is 11.6 Å². The van der Waals surface area contributed by atoms with Gasteiger partial charge < -0.3 is 9.88 Å². The van der Waals surface area contributed by atoms with Crippen molar-refractivity contribution in [2.24, 2.45) is 5.92 Å². The van der Waals surface area contributed by atoms with Gasteiger partial charge in [0, 0.05) is 37.1 Å². The molecule has 1 amide bonds. The molecular weight excluding hydrogens is 372 g/mol. The van der Waals surface area contributed by atoms with Gasteiger partial charge in [0.05, 0.1) is 12.0 Å². The van der Waals surface area contributed by atoms with E-state index in [4.69, 9.17) is 11.6 Å². The van der Waals surface area contributed by atoms with E-state index in [-0.39, 0.29) is 11.3 Å². The van der Waals surface area contributed by atoms with Gasteiger partial charge in [0.1, 0.15) is 5.82 Å². The number of rotatable bonds is 7. The summed E-state index contributed by atoms with van der Waals surface area (Å²) in [6.45, 7) is 6.87. The third kappa shape index (κ3) is 4.11. The molecule has 0 radical (unpaired) electrons. The molecule has 1 aromatic heterocycles. The third-order valence-corrected chi connectivity index (χ3v) is 6.50. The zero-order valence-electron chi connectivity index (χ0n) is 16.5. The van der Waals surface area contributed by atoms with Crippen molar-refractivity contribution < 1.29 is 4.79 Å². The Balaban J connectivity index is 1.31. The first kappa shape index (κ1) is 19.5. The van der Waals surface area contributed by atoms with E-state index >= 15 is 0 Å². The van der Waals surface area contributed by atoms with Crippen molar-refractivity contribution in [3.05, 3.63) is 53.1 Å². The number of benzene rings is 1. The number of imidazole rings is 1. The highest BCUT2D eigenvalue weighted by molar-refractivity contribution is 6.30. The van der Waals surface area contributed by atoms with Crippen LogP contribution in [-0.2, 0) is 23.3 Å². The van der Waals surface area contributed by atoms with E-state index in [1.807, 2.05) is 36.7 Å². The van der Waals surface area contributed by atoms with E-state index in [9.17, 15) is 4.79 Å². The molecule has 1 aliphatic heterocycles. The number of hydrogen-bond donors (Lipinski definition) is 1. The molecule has 2 aromatic rings. The fourth-order valence-corrected chi connectivity index (χ4v) is 4.51. The van der Waals surface area contributed by atoms with Crippen molar-refractivity contribution >= 4 is 17.5 Å². The van der Waals surface area contributed by atoms with Crippen molar-refractivity contribution in [1.29, 1.82) is 0 Å². The van der Waals surface area contributed by atoms with Gasteiger partial charge in [0.15, 0.2) is 0 Å². The Hall–Kier alpha value is -1.85. The molecule has 1 unspecified atom stereocenters. The zero-order chi connectivity index (χ0) is 19.6. The predicted octanol–water partition coefficient (Wildman–Crippen LogP) is 3.62. The molecule has 4 rings (SSSR count). The molecule has 5 nitrogen and oxygen atoms in total. The lowest BCUT2D eigenvalue weighted by molar-refractivity contribution is -0.123. The van der Waals surface area contributed by atoms with Crippen LogP contribution in [0, 0.1) is 5.92 Å². The van der Waals surface area contributed by atoms with Gasteiger partial charge in [-0.3, -0.25) is 9.69 Å². The molecule has 2 fully saturated rings. The number of aromatic nitrogens is 2. The maximum Gasteiger partial charge on any atom is 0.230 e. The van der Waals surface area contributed by atoms with Gasteiger partial charge >= 0.3 is 0 Å². The highest BCUT2D eigenvalue weighted by Crippen LogP contribution is 2.48. The maximum atomic E-state index is 12.9. The summed E-state index contributed by atoms with van der Waals surface area (Å²) in [6.07, 6.45) is 8.13. The van der Waals surface area contributed by atoms with Gasteiger partial charge in [0.25, 0.3) is 0 Å². The summed E-state index contributed by atoms with van der Waals surface area (Å²) in [5.41, 5.74) is 0.760. The lowest BCUT2D eigenvalue weighted by Crippen LogP contribution is -2.43. The monoisotopic (exact) mass is 400 g/mol. The Morgan fingerprint density at radius 1 is 1.32 bits per heavy atom. The van der Waals surface area contributed by atoms with Crippen molar-refractivity contribution in [1.82, 2.24) is 19.8 Å². The molecule has 6 heteroatoms. The second kappa shape index (κ2) is 8.26. The number of nitrogens with one attached hydrogen (secondary N) is 1. The van der Waals surface area contributed by atoms with E-state index < -0.39 is 0 Å². The second-order valence-corrected chi connectivity index (χ2v) is 8.61. The van der Waals surface area contributed by atoms with Crippen LogP contribution in [0.15, 0.2) is 36.7 Å². The SMILES string of the molecule is CCn1ccnc1CN1CCCC(CNC(=O)C2(c3ccc(Cl)cc3)CC2)C1. The minimum absolute atomic E-state index is 0.175. The molecule has 0 spiro atoms. The summed E-state index contributed by atoms with van der Waals surface area (Å²) in [5.74, 6) is 1.81. The van der Waals surface area contributed by atoms with E-state index in [0.29, 0.717) is 10.9 Å². The normalized spacial score (nSPS) is 21.4. The quantitative estimate of drug-likeness (QED) is 0.772. The smallest absolute Gasteiger partial charge is 0.230 e. The van der Waals surface area contributed by atoms with Crippen molar-refractivity contribution in [2.75, 3.05) is 19.6 Å². The summed E-state index contributed by atoms with van der Waals surface area (Å²) in [6, 6.07) is 7.74. The maximum absolute atomic E-state index is 12.9. The molecule has 1 N–H and O–H groups in total. The van der Waals surface area contributed by atoms with Crippen molar-refractivity contribution in [3.63, 3.8) is 0 Å². The molecule has 1 saturated carbocycles. The average molecular weight is 401 g/mol. The van der Waals surface area contributed by atoms with Crippen molar-refractivity contribution in [3.8, 4) is 0 Å². The van der Waals surface area contributed by atoms with Gasteiger partial charge in [-0.05, 0) is 62.8 Å². The van der Waals surface area contributed by atoms with Gasteiger partial charge in [-0.15, -0.1) is 0 Å². The van der Waals surface area contributed by atoms with Crippen LogP contribution in [0.25, 0.3) is 0 Å². The summed E-state index contributed by atoms with van der Waals surface area (Å²) < 4.78 is 2.20. The third-order valence-electron chi connectivity index (χ3n) is 6.24. The Kier molecular flexibility index (Phi) is 5.74. The number of carbonyl (C=O) groups is 1. The number of piperidine rings is 1. The molecule has 150 valence electrons. The molecule has 1 aliphatic carbocycles. The summed E-state index contributed by atoms with van der Waals surface area (Å²) in [5, 5.41) is 3.96. The van der Waals surface area contributed by atoms with E-state index in [0.717, 1.165) is 57.0 Å². The molecule has 2 aliphatic rings. The number of likely N-dealkylation sites (tertiary alicyclic amines) is 1. The largest absolute Gasteiger partial charge is 0.355 e. The highest BCUT2D eigenvalue weighted by Gasteiger charge is 2.51. The van der Waals surface area contributed by atoms with Crippen LogP contribution < -0.4 is 5.32 Å². The highest BCUT2D eigenvalue weighted by atomic mass is 35.5. The minimum Gasteiger partial charge on any atom is -0.355 e. The van der Waals surface area contributed by atoms with Crippen LogP contribution in [0.3, 0.4) is 0 Å². The first-order chi connectivity index (χ1) is 13.6. The van der Waals surface area contributed by atoms with Crippen LogP contribution in [0.2, 0.25) is 5.02 Å². The predicted molar refractivity (Wildman–Crippen MR) is 111 cm³/mol. The van der Waals surface area contributed by atoms with Gasteiger partial charge in [-0.25, -0.2) is 4.98 Å². The number of aryl methyl sites for hydroxylation is 1. The van der Waals surface area contributed by atoms with Gasteiger partial charge in [0.2, 0.25) is 5.91 Å². The van der Waals surface area contributed by atoms with E-state index in [1.54, 1.807) is 0 Å². The summed E-state index contributed by atoms with van der Waals surface area (Å²) >= 11 is 6.00. The molecule has 1 atom stereocenters. The zero-order valence-corrected chi connectivity index (χ0v) is 17.3. The average Bonchev–Trinajstić information content (AvgIpc) is 3.40. The number of amides is 1. The van der Waals surface area contributed by atoms with Gasteiger partial charge in [-0.2, -0.15) is 0 Å². The van der Waals surface area contributed by atoms with E-state index in [1.165, 1.54) is 12.8 Å². The fraction of sp³-hybridized carbons (Fsp3) is 0.545. The van der Waals surface area contributed by atoms with E-state index in [2.05, 4.69) is 26.7 Å². The number of halogens is 1. The Labute approximate surface area is 172 Å². The lowest BCUT2D eigenvalue weighted by Gasteiger charge is -2.33. The number of nitrogens with zero attached hydrogens (tertiary/aromatic N) is 3. The molecule has 2 heterocycles. The van der Waals surface area contributed by atoms with Gasteiger partial charge in [-0.1, -0.05) is 23.7 Å². The standard InChI is InChI=1S/C22H29ClN4O/c1-2-27-13-11-24-20(27)16-26-12-3-4-17(15-26)14-25-21(28)22(9-10-22)18-5-7-19(23)8-6-18/h5-8,11,13,17H,2-4,9-10,12,14-16H2,1H3,(H,25,28). The van der Waals surface area contributed by atoms with Crippen LogP contribution in [0.4, 0.5) is 0 Å². The van der Waals surface area contributed by atoms with Crippen LogP contribution in [-0.4, -0.2) is 40.0 Å². The van der Waals surface area contributed by atoms with Crippen molar-refractivity contribution in [2.45, 2.75) is 51.1 Å². The summed E-state index contributed by atoms with van der Waals surface area (Å²) in [4.78, 5) is 19.9. The minimum atomic E-state index is -0.329. The summed E-state index contributed by atoms with van der Waals surface area (Å²) in [7, 11) is 0.